The molecule has 1 saturated carbocycles. The summed E-state index contributed by atoms with van der Waals surface area (Å²) in [4.78, 5) is 0. The highest BCUT2D eigenvalue weighted by molar-refractivity contribution is 5.20. The van der Waals surface area contributed by atoms with E-state index in [2.05, 4.69) is 0 Å². The summed E-state index contributed by atoms with van der Waals surface area (Å²) >= 11 is 0. The molecular weight excluding hydrogens is 220 g/mol. The Morgan fingerprint density at radius 3 is 2.24 bits per heavy atom. The zero-order valence-corrected chi connectivity index (χ0v) is 10.0. The molecule has 0 saturated heterocycles. The zero-order valence-electron chi connectivity index (χ0n) is 10.0. The highest BCUT2D eigenvalue weighted by Gasteiger charge is 2.26. The molecule has 0 amide bonds. The lowest BCUT2D eigenvalue weighted by Crippen LogP contribution is -2.41. The van der Waals surface area contributed by atoms with Gasteiger partial charge in [-0.3, -0.25) is 0 Å². The number of nitrogens with two attached hydrogens (primary N) is 1. The van der Waals surface area contributed by atoms with Crippen molar-refractivity contribution in [3.8, 4) is 0 Å². The predicted octanol–water partition coefficient (Wildman–Crippen LogP) is 3.56. The molecule has 94 valence electrons. The summed E-state index contributed by atoms with van der Waals surface area (Å²) in [5, 5.41) is 0. The molecule has 17 heavy (non-hydrogen) atoms. The third-order valence-corrected chi connectivity index (χ3v) is 3.64. The molecule has 1 fully saturated rings. The van der Waals surface area contributed by atoms with Crippen LogP contribution in [0.5, 0.6) is 0 Å². The number of rotatable bonds is 2. The standard InChI is InChI=1S/C14H19F2N/c15-12-6-5-11(9-13(12)16)10-14(17)7-3-1-2-4-8-14/h5-6,9H,1-4,7-8,10,17H2. The van der Waals surface area contributed by atoms with Crippen molar-refractivity contribution in [2.75, 3.05) is 0 Å². The van der Waals surface area contributed by atoms with Crippen molar-refractivity contribution in [2.24, 2.45) is 5.73 Å². The first kappa shape index (κ1) is 12.5. The molecule has 2 N–H and O–H groups in total. The predicted molar refractivity (Wildman–Crippen MR) is 64.7 cm³/mol. The van der Waals surface area contributed by atoms with Crippen molar-refractivity contribution in [1.82, 2.24) is 0 Å². The molecule has 1 aromatic rings. The van der Waals surface area contributed by atoms with Crippen LogP contribution >= 0.6 is 0 Å². The maximum Gasteiger partial charge on any atom is 0.159 e. The summed E-state index contributed by atoms with van der Waals surface area (Å²) < 4.78 is 26.0. The first-order valence-corrected chi connectivity index (χ1v) is 6.32. The maximum absolute atomic E-state index is 13.1. The average molecular weight is 239 g/mol. The molecule has 0 aromatic heterocycles. The fourth-order valence-electron chi connectivity index (χ4n) is 2.67. The van der Waals surface area contributed by atoms with E-state index in [-0.39, 0.29) is 5.54 Å². The molecule has 0 bridgehead atoms. The van der Waals surface area contributed by atoms with Gasteiger partial charge < -0.3 is 5.73 Å². The summed E-state index contributed by atoms with van der Waals surface area (Å²) in [5.41, 5.74) is 6.93. The second-order valence-corrected chi connectivity index (χ2v) is 5.20. The van der Waals surface area contributed by atoms with Gasteiger partial charge in [0.25, 0.3) is 0 Å². The normalized spacial score (nSPS) is 19.9. The van der Waals surface area contributed by atoms with Gasteiger partial charge in [-0.25, -0.2) is 8.78 Å². The van der Waals surface area contributed by atoms with Crippen LogP contribution in [0.2, 0.25) is 0 Å². The topological polar surface area (TPSA) is 26.0 Å². The monoisotopic (exact) mass is 239 g/mol. The van der Waals surface area contributed by atoms with Gasteiger partial charge in [0, 0.05) is 5.54 Å². The lowest BCUT2D eigenvalue weighted by Gasteiger charge is -2.28. The van der Waals surface area contributed by atoms with Gasteiger partial charge in [0.15, 0.2) is 11.6 Å². The highest BCUT2D eigenvalue weighted by atomic mass is 19.2. The maximum atomic E-state index is 13.1. The Morgan fingerprint density at radius 2 is 1.65 bits per heavy atom. The number of halogens is 2. The van der Waals surface area contributed by atoms with Crippen molar-refractivity contribution < 1.29 is 8.78 Å². The first-order chi connectivity index (χ1) is 8.09. The molecule has 0 aliphatic heterocycles. The first-order valence-electron chi connectivity index (χ1n) is 6.32. The van der Waals surface area contributed by atoms with Gasteiger partial charge in [0.05, 0.1) is 0 Å². The van der Waals surface area contributed by atoms with Crippen molar-refractivity contribution in [2.45, 2.75) is 50.5 Å². The van der Waals surface area contributed by atoms with Crippen LogP contribution in [-0.4, -0.2) is 5.54 Å². The minimum Gasteiger partial charge on any atom is -0.325 e. The molecule has 1 aliphatic rings. The van der Waals surface area contributed by atoms with Crippen LogP contribution in [0.3, 0.4) is 0 Å². The van der Waals surface area contributed by atoms with E-state index in [1.165, 1.54) is 25.0 Å². The van der Waals surface area contributed by atoms with Crippen LogP contribution in [0.25, 0.3) is 0 Å². The van der Waals surface area contributed by atoms with Crippen LogP contribution in [0.15, 0.2) is 18.2 Å². The number of hydrogen-bond donors (Lipinski definition) is 1. The summed E-state index contributed by atoms with van der Waals surface area (Å²) in [6.45, 7) is 0. The summed E-state index contributed by atoms with van der Waals surface area (Å²) in [6, 6.07) is 4.09. The third kappa shape index (κ3) is 3.25. The second kappa shape index (κ2) is 5.13. The second-order valence-electron chi connectivity index (χ2n) is 5.20. The Morgan fingerprint density at radius 1 is 1.00 bits per heavy atom. The summed E-state index contributed by atoms with van der Waals surface area (Å²) in [5.74, 6) is -1.57. The van der Waals surface area contributed by atoms with Gasteiger partial charge in [0.1, 0.15) is 0 Å². The molecule has 0 heterocycles. The lowest BCUT2D eigenvalue weighted by atomic mass is 9.85. The molecule has 2 rings (SSSR count). The Kier molecular flexibility index (Phi) is 3.77. The van der Waals surface area contributed by atoms with E-state index in [1.807, 2.05) is 0 Å². The fourth-order valence-corrected chi connectivity index (χ4v) is 2.67. The van der Waals surface area contributed by atoms with E-state index in [0.717, 1.165) is 31.2 Å². The van der Waals surface area contributed by atoms with Gasteiger partial charge >= 0.3 is 0 Å². The minimum absolute atomic E-state index is 0.235. The summed E-state index contributed by atoms with van der Waals surface area (Å²) in [7, 11) is 0. The Balaban J connectivity index is 2.10. The molecule has 1 aliphatic carbocycles. The third-order valence-electron chi connectivity index (χ3n) is 3.64. The number of benzene rings is 1. The molecule has 1 nitrogen and oxygen atoms in total. The molecule has 1 aromatic carbocycles. The van der Waals surface area contributed by atoms with E-state index in [0.29, 0.717) is 6.42 Å². The van der Waals surface area contributed by atoms with E-state index >= 15 is 0 Å². The van der Waals surface area contributed by atoms with Crippen LogP contribution in [-0.2, 0) is 6.42 Å². The quantitative estimate of drug-likeness (QED) is 0.785. The van der Waals surface area contributed by atoms with E-state index in [9.17, 15) is 8.78 Å². The van der Waals surface area contributed by atoms with Gasteiger partial charge in [-0.05, 0) is 37.0 Å². The van der Waals surface area contributed by atoms with E-state index in [1.54, 1.807) is 6.07 Å². The molecule has 0 atom stereocenters. The van der Waals surface area contributed by atoms with Crippen molar-refractivity contribution >= 4 is 0 Å². The van der Waals surface area contributed by atoms with Crippen molar-refractivity contribution in [1.29, 1.82) is 0 Å². The average Bonchev–Trinajstić information content (AvgIpc) is 2.49. The van der Waals surface area contributed by atoms with Crippen LogP contribution in [0.4, 0.5) is 8.78 Å². The Labute approximate surface area is 101 Å². The van der Waals surface area contributed by atoms with E-state index < -0.39 is 11.6 Å². The highest BCUT2D eigenvalue weighted by Crippen LogP contribution is 2.28. The van der Waals surface area contributed by atoms with Crippen LogP contribution < -0.4 is 5.73 Å². The Hall–Kier alpha value is -0.960. The lowest BCUT2D eigenvalue weighted by molar-refractivity contribution is 0.368. The van der Waals surface area contributed by atoms with Crippen LogP contribution in [0, 0.1) is 11.6 Å². The smallest absolute Gasteiger partial charge is 0.159 e. The zero-order chi connectivity index (χ0) is 12.3. The van der Waals surface area contributed by atoms with Crippen molar-refractivity contribution in [3.63, 3.8) is 0 Å². The molecular formula is C14H19F2N. The molecule has 0 radical (unpaired) electrons. The van der Waals surface area contributed by atoms with E-state index in [4.69, 9.17) is 5.73 Å². The van der Waals surface area contributed by atoms with Crippen molar-refractivity contribution in [3.05, 3.63) is 35.4 Å². The SMILES string of the molecule is NC1(Cc2ccc(F)c(F)c2)CCCCCC1. The molecule has 3 heteroatoms. The molecule has 0 unspecified atom stereocenters. The van der Waals surface area contributed by atoms with Gasteiger partial charge in [-0.15, -0.1) is 0 Å². The number of hydrogen-bond acceptors (Lipinski definition) is 1. The molecule has 0 spiro atoms. The van der Waals surface area contributed by atoms with Gasteiger partial charge in [0.2, 0.25) is 0 Å². The largest absolute Gasteiger partial charge is 0.325 e. The van der Waals surface area contributed by atoms with Gasteiger partial charge in [-0.1, -0.05) is 31.7 Å². The Bertz CT molecular complexity index is 382. The summed E-state index contributed by atoms with van der Waals surface area (Å²) in [6.07, 6.45) is 7.34. The fraction of sp³-hybridized carbons (Fsp3) is 0.571. The van der Waals surface area contributed by atoms with Crippen LogP contribution in [0.1, 0.15) is 44.1 Å². The minimum atomic E-state index is -0.791. The van der Waals surface area contributed by atoms with Gasteiger partial charge in [-0.2, -0.15) is 0 Å².